The third kappa shape index (κ3) is 3.07. The van der Waals surface area contributed by atoms with Gasteiger partial charge >= 0.3 is 0 Å². The van der Waals surface area contributed by atoms with E-state index in [1.54, 1.807) is 6.20 Å². The SMILES string of the molecule is Cc1ccc(CC(=O)N2CCCC[C@@H]2CN)cn1. The summed E-state index contributed by atoms with van der Waals surface area (Å²) in [6.45, 7) is 3.36. The molecule has 1 amide bonds. The van der Waals surface area contributed by atoms with E-state index < -0.39 is 0 Å². The van der Waals surface area contributed by atoms with Gasteiger partial charge in [-0.3, -0.25) is 9.78 Å². The Balaban J connectivity index is 2.00. The highest BCUT2D eigenvalue weighted by Crippen LogP contribution is 2.17. The molecule has 2 heterocycles. The van der Waals surface area contributed by atoms with Gasteiger partial charge in [-0.2, -0.15) is 0 Å². The predicted octanol–water partition coefficient (Wildman–Crippen LogP) is 1.27. The number of pyridine rings is 1. The lowest BCUT2D eigenvalue weighted by Crippen LogP contribution is -2.48. The first-order valence-electron chi connectivity index (χ1n) is 6.62. The van der Waals surface area contributed by atoms with Crippen molar-refractivity contribution >= 4 is 5.91 Å². The van der Waals surface area contributed by atoms with Crippen LogP contribution in [0.2, 0.25) is 0 Å². The number of amides is 1. The average Bonchev–Trinajstić information content (AvgIpc) is 2.41. The standard InChI is InChI=1S/C14H21N3O/c1-11-5-6-12(10-16-11)8-14(18)17-7-3-2-4-13(17)9-15/h5-6,10,13H,2-4,7-9,15H2,1H3/t13-/m1/s1. The van der Waals surface area contributed by atoms with Crippen LogP contribution in [-0.4, -0.2) is 34.9 Å². The summed E-state index contributed by atoms with van der Waals surface area (Å²) in [5, 5.41) is 0. The third-order valence-corrected chi connectivity index (χ3v) is 3.55. The number of likely N-dealkylation sites (tertiary alicyclic amines) is 1. The number of carbonyl (C=O) groups is 1. The molecule has 4 heteroatoms. The summed E-state index contributed by atoms with van der Waals surface area (Å²) in [7, 11) is 0. The Hall–Kier alpha value is -1.42. The van der Waals surface area contributed by atoms with Gasteiger partial charge in [0.1, 0.15) is 0 Å². The van der Waals surface area contributed by atoms with Crippen molar-refractivity contribution < 1.29 is 4.79 Å². The van der Waals surface area contributed by atoms with Crippen LogP contribution in [0.1, 0.15) is 30.5 Å². The minimum absolute atomic E-state index is 0.177. The fourth-order valence-corrected chi connectivity index (χ4v) is 2.45. The number of aryl methyl sites for hydroxylation is 1. The van der Waals surface area contributed by atoms with Gasteiger partial charge in [-0.25, -0.2) is 0 Å². The summed E-state index contributed by atoms with van der Waals surface area (Å²) in [6, 6.07) is 4.14. The maximum atomic E-state index is 12.3. The van der Waals surface area contributed by atoms with Crippen molar-refractivity contribution in [2.45, 2.75) is 38.6 Å². The second-order valence-electron chi connectivity index (χ2n) is 4.96. The molecule has 0 aliphatic carbocycles. The zero-order chi connectivity index (χ0) is 13.0. The molecule has 4 nitrogen and oxygen atoms in total. The molecule has 2 rings (SSSR count). The zero-order valence-corrected chi connectivity index (χ0v) is 10.9. The minimum Gasteiger partial charge on any atom is -0.338 e. The van der Waals surface area contributed by atoms with E-state index in [0.29, 0.717) is 13.0 Å². The Morgan fingerprint density at radius 3 is 3.00 bits per heavy atom. The molecule has 1 aromatic rings. The highest BCUT2D eigenvalue weighted by molar-refractivity contribution is 5.79. The van der Waals surface area contributed by atoms with Crippen molar-refractivity contribution in [3.8, 4) is 0 Å². The molecule has 1 fully saturated rings. The lowest BCUT2D eigenvalue weighted by molar-refractivity contribution is -0.133. The molecule has 1 aliphatic heterocycles. The molecular weight excluding hydrogens is 226 g/mol. The van der Waals surface area contributed by atoms with Crippen LogP contribution in [0.15, 0.2) is 18.3 Å². The first-order chi connectivity index (χ1) is 8.70. The number of carbonyl (C=O) groups excluding carboxylic acids is 1. The Labute approximate surface area is 108 Å². The van der Waals surface area contributed by atoms with Crippen molar-refractivity contribution in [1.82, 2.24) is 9.88 Å². The van der Waals surface area contributed by atoms with Gasteiger partial charge < -0.3 is 10.6 Å². The van der Waals surface area contributed by atoms with E-state index in [1.807, 2.05) is 24.0 Å². The highest BCUT2D eigenvalue weighted by atomic mass is 16.2. The number of hydrogen-bond donors (Lipinski definition) is 1. The molecule has 0 aromatic carbocycles. The Kier molecular flexibility index (Phi) is 4.31. The summed E-state index contributed by atoms with van der Waals surface area (Å²) in [6.07, 6.45) is 5.53. The van der Waals surface area contributed by atoms with E-state index in [2.05, 4.69) is 4.98 Å². The topological polar surface area (TPSA) is 59.2 Å². The van der Waals surface area contributed by atoms with Crippen LogP contribution in [0.25, 0.3) is 0 Å². The van der Waals surface area contributed by atoms with Crippen LogP contribution in [-0.2, 0) is 11.2 Å². The van der Waals surface area contributed by atoms with Crippen molar-refractivity contribution in [2.75, 3.05) is 13.1 Å². The predicted molar refractivity (Wildman–Crippen MR) is 71.1 cm³/mol. The van der Waals surface area contributed by atoms with Gasteiger partial charge in [0, 0.05) is 31.0 Å². The molecule has 2 N–H and O–H groups in total. The molecule has 1 aromatic heterocycles. The second-order valence-corrected chi connectivity index (χ2v) is 4.96. The lowest BCUT2D eigenvalue weighted by atomic mass is 10.0. The van der Waals surface area contributed by atoms with Gasteiger partial charge in [0.15, 0.2) is 0 Å². The molecule has 0 spiro atoms. The van der Waals surface area contributed by atoms with Crippen molar-refractivity contribution in [3.05, 3.63) is 29.6 Å². The minimum atomic E-state index is 0.177. The van der Waals surface area contributed by atoms with E-state index in [0.717, 1.165) is 30.6 Å². The maximum absolute atomic E-state index is 12.3. The number of rotatable bonds is 3. The van der Waals surface area contributed by atoms with Gasteiger partial charge in [0.25, 0.3) is 0 Å². The van der Waals surface area contributed by atoms with Crippen LogP contribution in [0.4, 0.5) is 0 Å². The first-order valence-corrected chi connectivity index (χ1v) is 6.62. The smallest absolute Gasteiger partial charge is 0.227 e. The summed E-state index contributed by atoms with van der Waals surface area (Å²) in [5.41, 5.74) is 7.69. The monoisotopic (exact) mass is 247 g/mol. The van der Waals surface area contributed by atoms with Crippen molar-refractivity contribution in [1.29, 1.82) is 0 Å². The molecule has 1 saturated heterocycles. The van der Waals surface area contributed by atoms with Crippen molar-refractivity contribution in [2.24, 2.45) is 5.73 Å². The third-order valence-electron chi connectivity index (χ3n) is 3.55. The quantitative estimate of drug-likeness (QED) is 0.875. The number of aromatic nitrogens is 1. The van der Waals surface area contributed by atoms with Gasteiger partial charge in [0.2, 0.25) is 5.91 Å². The van der Waals surface area contributed by atoms with E-state index in [9.17, 15) is 4.79 Å². The van der Waals surface area contributed by atoms with E-state index >= 15 is 0 Å². The summed E-state index contributed by atoms with van der Waals surface area (Å²) in [5.74, 6) is 0.177. The number of piperidine rings is 1. The fourth-order valence-electron chi connectivity index (χ4n) is 2.45. The first kappa shape index (κ1) is 13.0. The maximum Gasteiger partial charge on any atom is 0.227 e. The molecule has 0 unspecified atom stereocenters. The molecule has 98 valence electrons. The van der Waals surface area contributed by atoms with Crippen LogP contribution in [0.3, 0.4) is 0 Å². The lowest BCUT2D eigenvalue weighted by Gasteiger charge is -2.35. The normalized spacial score (nSPS) is 19.9. The number of nitrogens with zero attached hydrogens (tertiary/aromatic N) is 2. The summed E-state index contributed by atoms with van der Waals surface area (Å²) in [4.78, 5) is 18.4. The Bertz CT molecular complexity index is 402. The molecule has 0 saturated carbocycles. The average molecular weight is 247 g/mol. The van der Waals surface area contributed by atoms with E-state index in [-0.39, 0.29) is 11.9 Å². The highest BCUT2D eigenvalue weighted by Gasteiger charge is 2.25. The number of nitrogens with two attached hydrogens (primary N) is 1. The van der Waals surface area contributed by atoms with Gasteiger partial charge in [-0.15, -0.1) is 0 Å². The van der Waals surface area contributed by atoms with Crippen LogP contribution in [0, 0.1) is 6.92 Å². The van der Waals surface area contributed by atoms with Crippen LogP contribution in [0.5, 0.6) is 0 Å². The number of hydrogen-bond acceptors (Lipinski definition) is 3. The van der Waals surface area contributed by atoms with Gasteiger partial charge in [0.05, 0.1) is 6.42 Å². The Morgan fingerprint density at radius 2 is 2.33 bits per heavy atom. The molecule has 0 radical (unpaired) electrons. The summed E-state index contributed by atoms with van der Waals surface area (Å²) < 4.78 is 0. The van der Waals surface area contributed by atoms with Gasteiger partial charge in [-0.05, 0) is 37.8 Å². The second kappa shape index (κ2) is 5.96. The zero-order valence-electron chi connectivity index (χ0n) is 10.9. The van der Waals surface area contributed by atoms with Crippen LogP contribution >= 0.6 is 0 Å². The van der Waals surface area contributed by atoms with E-state index in [4.69, 9.17) is 5.73 Å². The van der Waals surface area contributed by atoms with E-state index in [1.165, 1.54) is 6.42 Å². The van der Waals surface area contributed by atoms with Gasteiger partial charge in [-0.1, -0.05) is 6.07 Å². The molecule has 0 bridgehead atoms. The summed E-state index contributed by atoms with van der Waals surface area (Å²) >= 11 is 0. The fraction of sp³-hybridized carbons (Fsp3) is 0.571. The molecule has 18 heavy (non-hydrogen) atoms. The largest absolute Gasteiger partial charge is 0.338 e. The van der Waals surface area contributed by atoms with Crippen LogP contribution < -0.4 is 5.73 Å². The Morgan fingerprint density at radius 1 is 1.50 bits per heavy atom. The molecule has 1 atom stereocenters. The molecular formula is C14H21N3O. The van der Waals surface area contributed by atoms with Crippen molar-refractivity contribution in [3.63, 3.8) is 0 Å². The molecule has 1 aliphatic rings.